The molecule has 1 aliphatic carbocycles. The second kappa shape index (κ2) is 2.57. The summed E-state index contributed by atoms with van der Waals surface area (Å²) in [6.07, 6.45) is 1.75. The first-order valence-electron chi connectivity index (χ1n) is 3.85. The highest BCUT2D eigenvalue weighted by Gasteiger charge is 2.28. The van der Waals surface area contributed by atoms with Crippen LogP contribution in [0.15, 0.2) is 12.2 Å². The first-order chi connectivity index (χ1) is 4.63. The molecular weight excluding hydrogens is 124 g/mol. The van der Waals surface area contributed by atoms with E-state index >= 15 is 0 Å². The van der Waals surface area contributed by atoms with E-state index in [1.54, 1.807) is 0 Å². The van der Waals surface area contributed by atoms with Gasteiger partial charge in [0.25, 0.3) is 0 Å². The van der Waals surface area contributed by atoms with Crippen molar-refractivity contribution in [2.75, 3.05) is 0 Å². The third-order valence-electron chi connectivity index (χ3n) is 2.29. The third kappa shape index (κ3) is 1.13. The van der Waals surface area contributed by atoms with Crippen molar-refractivity contribution in [3.8, 4) is 0 Å². The molecule has 1 fully saturated rings. The minimum Gasteiger partial charge on any atom is -0.295 e. The van der Waals surface area contributed by atoms with Gasteiger partial charge in [0.15, 0.2) is 5.78 Å². The van der Waals surface area contributed by atoms with Crippen molar-refractivity contribution in [1.29, 1.82) is 0 Å². The highest BCUT2D eigenvalue weighted by atomic mass is 16.1. The Hall–Kier alpha value is -0.590. The average molecular weight is 138 g/mol. The summed E-state index contributed by atoms with van der Waals surface area (Å²) in [4.78, 5) is 11.0. The summed E-state index contributed by atoms with van der Waals surface area (Å²) in [7, 11) is 0. The number of hydrogen-bond acceptors (Lipinski definition) is 1. The third-order valence-corrected chi connectivity index (χ3v) is 2.29. The number of ketones is 1. The summed E-state index contributed by atoms with van der Waals surface area (Å²) in [5.74, 6) is 1.32. The second-order valence-electron chi connectivity index (χ2n) is 3.34. The zero-order valence-corrected chi connectivity index (χ0v) is 6.68. The average Bonchev–Trinajstić information content (AvgIpc) is 2.14. The molecule has 1 atom stereocenters. The highest BCUT2D eigenvalue weighted by Crippen LogP contribution is 2.32. The molecule has 0 amide bonds. The Morgan fingerprint density at radius 3 is 2.40 bits per heavy atom. The van der Waals surface area contributed by atoms with E-state index < -0.39 is 0 Å². The molecule has 1 heteroatoms. The Labute approximate surface area is 62.1 Å². The van der Waals surface area contributed by atoms with Crippen molar-refractivity contribution in [2.45, 2.75) is 26.7 Å². The molecule has 1 saturated carbocycles. The van der Waals surface area contributed by atoms with Gasteiger partial charge >= 0.3 is 0 Å². The maximum absolute atomic E-state index is 11.0. The molecule has 1 nitrogen and oxygen atoms in total. The lowest BCUT2D eigenvalue weighted by Crippen LogP contribution is -2.06. The number of carbonyl (C=O) groups excluding carboxylic acids is 1. The summed E-state index contributed by atoms with van der Waals surface area (Å²) < 4.78 is 0. The first kappa shape index (κ1) is 7.52. The molecule has 1 aliphatic rings. The quantitative estimate of drug-likeness (QED) is 0.507. The van der Waals surface area contributed by atoms with Crippen LogP contribution < -0.4 is 0 Å². The van der Waals surface area contributed by atoms with Crippen LogP contribution in [0.3, 0.4) is 0 Å². The van der Waals surface area contributed by atoms with E-state index in [1.165, 1.54) is 0 Å². The first-order valence-corrected chi connectivity index (χ1v) is 3.85. The minimum atomic E-state index is 0.277. The predicted octanol–water partition coefficient (Wildman–Crippen LogP) is 2.18. The lowest BCUT2D eigenvalue weighted by atomic mass is 9.91. The standard InChI is InChI=1S/C9H14O/c1-6(2)8-4-5-9(10)7(8)3/h6,8H,3-5H2,1-2H3. The number of allylic oxidation sites excluding steroid dienone is 1. The molecule has 1 unspecified atom stereocenters. The summed E-state index contributed by atoms with van der Waals surface area (Å²) >= 11 is 0. The van der Waals surface area contributed by atoms with Crippen LogP contribution in [0.25, 0.3) is 0 Å². The molecule has 0 N–H and O–H groups in total. The van der Waals surface area contributed by atoms with Gasteiger partial charge in [-0.3, -0.25) is 4.79 Å². The molecule has 0 aliphatic heterocycles. The van der Waals surface area contributed by atoms with E-state index in [0.29, 0.717) is 11.8 Å². The number of hydrogen-bond donors (Lipinski definition) is 0. The summed E-state index contributed by atoms with van der Waals surface area (Å²) in [5, 5.41) is 0. The summed E-state index contributed by atoms with van der Waals surface area (Å²) in [5.41, 5.74) is 0.856. The topological polar surface area (TPSA) is 17.1 Å². The van der Waals surface area contributed by atoms with Gasteiger partial charge in [-0.05, 0) is 23.8 Å². The molecule has 0 bridgehead atoms. The Kier molecular flexibility index (Phi) is 1.93. The molecule has 1 rings (SSSR count). The minimum absolute atomic E-state index is 0.277. The Balaban J connectivity index is 2.66. The van der Waals surface area contributed by atoms with E-state index in [-0.39, 0.29) is 5.78 Å². The van der Waals surface area contributed by atoms with Crippen molar-refractivity contribution in [3.63, 3.8) is 0 Å². The summed E-state index contributed by atoms with van der Waals surface area (Å²) in [6.45, 7) is 8.08. The van der Waals surface area contributed by atoms with Crippen molar-refractivity contribution in [1.82, 2.24) is 0 Å². The van der Waals surface area contributed by atoms with Crippen molar-refractivity contribution >= 4 is 5.78 Å². The van der Waals surface area contributed by atoms with E-state index in [0.717, 1.165) is 18.4 Å². The largest absolute Gasteiger partial charge is 0.295 e. The predicted molar refractivity (Wildman–Crippen MR) is 41.7 cm³/mol. The van der Waals surface area contributed by atoms with Crippen LogP contribution in [0.2, 0.25) is 0 Å². The zero-order chi connectivity index (χ0) is 7.72. The van der Waals surface area contributed by atoms with Gasteiger partial charge in [-0.15, -0.1) is 0 Å². The fraction of sp³-hybridized carbons (Fsp3) is 0.667. The molecule has 0 aromatic rings. The Morgan fingerprint density at radius 1 is 1.60 bits per heavy atom. The van der Waals surface area contributed by atoms with Crippen molar-refractivity contribution in [3.05, 3.63) is 12.2 Å². The Bertz CT molecular complexity index is 168. The molecule has 0 saturated heterocycles. The number of rotatable bonds is 1. The lowest BCUT2D eigenvalue weighted by Gasteiger charge is -2.13. The van der Waals surface area contributed by atoms with E-state index in [1.807, 2.05) is 0 Å². The van der Waals surface area contributed by atoms with Crippen molar-refractivity contribution in [2.24, 2.45) is 11.8 Å². The van der Waals surface area contributed by atoms with Crippen LogP contribution in [0.5, 0.6) is 0 Å². The molecule has 0 spiro atoms. The van der Waals surface area contributed by atoms with Gasteiger partial charge in [0.2, 0.25) is 0 Å². The second-order valence-corrected chi connectivity index (χ2v) is 3.34. The maximum atomic E-state index is 11.0. The van der Waals surface area contributed by atoms with Gasteiger partial charge < -0.3 is 0 Å². The van der Waals surface area contributed by atoms with Crippen LogP contribution >= 0.6 is 0 Å². The fourth-order valence-electron chi connectivity index (χ4n) is 1.56. The smallest absolute Gasteiger partial charge is 0.158 e. The van der Waals surface area contributed by atoms with E-state index in [9.17, 15) is 4.79 Å². The van der Waals surface area contributed by atoms with Crippen LogP contribution in [-0.2, 0) is 4.79 Å². The monoisotopic (exact) mass is 138 g/mol. The van der Waals surface area contributed by atoms with Gasteiger partial charge in [-0.2, -0.15) is 0 Å². The molecule has 0 aromatic carbocycles. The van der Waals surface area contributed by atoms with Gasteiger partial charge in [0.1, 0.15) is 0 Å². The zero-order valence-electron chi connectivity index (χ0n) is 6.68. The van der Waals surface area contributed by atoms with Crippen LogP contribution in [0.1, 0.15) is 26.7 Å². The SMILES string of the molecule is C=C1C(=O)CCC1C(C)C. The van der Waals surface area contributed by atoms with Gasteiger partial charge in [-0.25, -0.2) is 0 Å². The number of carbonyl (C=O) groups is 1. The molecule has 0 aromatic heterocycles. The number of Topliss-reactive ketones (excluding diaryl/α,β-unsaturated/α-hetero) is 1. The summed E-state index contributed by atoms with van der Waals surface area (Å²) in [6, 6.07) is 0. The van der Waals surface area contributed by atoms with E-state index in [2.05, 4.69) is 20.4 Å². The van der Waals surface area contributed by atoms with Gasteiger partial charge in [0, 0.05) is 6.42 Å². The molecule has 56 valence electrons. The van der Waals surface area contributed by atoms with Crippen LogP contribution in [0, 0.1) is 11.8 Å². The molecule has 0 heterocycles. The molecular formula is C9H14O. The van der Waals surface area contributed by atoms with E-state index in [4.69, 9.17) is 0 Å². The fourth-order valence-corrected chi connectivity index (χ4v) is 1.56. The van der Waals surface area contributed by atoms with Crippen LogP contribution in [0.4, 0.5) is 0 Å². The maximum Gasteiger partial charge on any atom is 0.158 e. The van der Waals surface area contributed by atoms with Crippen LogP contribution in [-0.4, -0.2) is 5.78 Å². The Morgan fingerprint density at radius 2 is 2.20 bits per heavy atom. The van der Waals surface area contributed by atoms with Gasteiger partial charge in [0.05, 0.1) is 0 Å². The normalized spacial score (nSPS) is 26.5. The highest BCUT2D eigenvalue weighted by molar-refractivity contribution is 5.97. The molecule has 0 radical (unpaired) electrons. The van der Waals surface area contributed by atoms with Crippen molar-refractivity contribution < 1.29 is 4.79 Å². The molecule has 10 heavy (non-hydrogen) atoms. The lowest BCUT2D eigenvalue weighted by molar-refractivity contribution is -0.114. The van der Waals surface area contributed by atoms with Gasteiger partial charge in [-0.1, -0.05) is 20.4 Å².